The van der Waals surface area contributed by atoms with Crippen molar-refractivity contribution in [3.63, 3.8) is 0 Å². The number of benzene rings is 1. The Bertz CT molecular complexity index is 589. The molecule has 2 rings (SSSR count). The highest BCUT2D eigenvalue weighted by atomic mass is 15.3. The molecule has 0 spiro atoms. The van der Waals surface area contributed by atoms with Crippen LogP contribution in [-0.2, 0) is 7.05 Å². The summed E-state index contributed by atoms with van der Waals surface area (Å²) in [6.45, 7) is 13.4. The maximum atomic E-state index is 4.75. The summed E-state index contributed by atoms with van der Waals surface area (Å²) >= 11 is 0. The van der Waals surface area contributed by atoms with Gasteiger partial charge in [0.2, 0.25) is 0 Å². The standard InChI is InChI=1S/C16H24N2/c1-9(2)13-8-11(5)12(6)16-14(13)15(10(3)4)17-18(16)7/h8-10H,1-7H3. The van der Waals surface area contributed by atoms with Gasteiger partial charge in [-0.25, -0.2) is 0 Å². The highest BCUT2D eigenvalue weighted by molar-refractivity contribution is 5.90. The van der Waals surface area contributed by atoms with E-state index in [1.165, 1.54) is 33.3 Å². The summed E-state index contributed by atoms with van der Waals surface area (Å²) in [7, 11) is 2.06. The lowest BCUT2D eigenvalue weighted by Crippen LogP contribution is -1.97. The van der Waals surface area contributed by atoms with Crippen molar-refractivity contribution in [2.75, 3.05) is 0 Å². The fourth-order valence-electron chi connectivity index (χ4n) is 2.72. The molecule has 0 aliphatic carbocycles. The first-order valence-corrected chi connectivity index (χ1v) is 6.81. The van der Waals surface area contributed by atoms with E-state index in [4.69, 9.17) is 5.10 Å². The van der Waals surface area contributed by atoms with Gasteiger partial charge in [0.25, 0.3) is 0 Å². The molecular weight excluding hydrogens is 220 g/mol. The number of aromatic nitrogens is 2. The summed E-state index contributed by atoms with van der Waals surface area (Å²) in [4.78, 5) is 0. The van der Waals surface area contributed by atoms with E-state index < -0.39 is 0 Å². The molecular formula is C16H24N2. The second-order valence-corrected chi connectivity index (χ2v) is 5.95. The Kier molecular flexibility index (Phi) is 3.22. The van der Waals surface area contributed by atoms with Crippen molar-refractivity contribution in [3.8, 4) is 0 Å². The molecule has 1 heterocycles. The zero-order chi connectivity index (χ0) is 13.6. The van der Waals surface area contributed by atoms with E-state index in [-0.39, 0.29) is 0 Å². The van der Waals surface area contributed by atoms with Crippen LogP contribution in [0.25, 0.3) is 10.9 Å². The maximum Gasteiger partial charge on any atom is 0.0731 e. The van der Waals surface area contributed by atoms with Crippen LogP contribution in [0.2, 0.25) is 0 Å². The minimum absolute atomic E-state index is 0.466. The van der Waals surface area contributed by atoms with E-state index >= 15 is 0 Å². The second kappa shape index (κ2) is 4.42. The van der Waals surface area contributed by atoms with Crippen LogP contribution >= 0.6 is 0 Å². The predicted octanol–water partition coefficient (Wildman–Crippen LogP) is 4.44. The molecule has 2 aromatic rings. The van der Waals surface area contributed by atoms with E-state index in [1.54, 1.807) is 0 Å². The highest BCUT2D eigenvalue weighted by Crippen LogP contribution is 2.35. The first-order chi connectivity index (χ1) is 8.34. The Morgan fingerprint density at radius 1 is 1.06 bits per heavy atom. The molecule has 0 fully saturated rings. The maximum absolute atomic E-state index is 4.75. The largest absolute Gasteiger partial charge is 0.267 e. The highest BCUT2D eigenvalue weighted by Gasteiger charge is 2.19. The van der Waals surface area contributed by atoms with Gasteiger partial charge in [0, 0.05) is 12.4 Å². The fraction of sp³-hybridized carbons (Fsp3) is 0.562. The Hall–Kier alpha value is -1.31. The minimum atomic E-state index is 0.466. The molecule has 0 N–H and O–H groups in total. The van der Waals surface area contributed by atoms with Gasteiger partial charge in [0.05, 0.1) is 11.2 Å². The summed E-state index contributed by atoms with van der Waals surface area (Å²) in [5.74, 6) is 1.00. The van der Waals surface area contributed by atoms with Gasteiger partial charge in [0.1, 0.15) is 0 Å². The second-order valence-electron chi connectivity index (χ2n) is 5.95. The average molecular weight is 244 g/mol. The van der Waals surface area contributed by atoms with Crippen LogP contribution in [0.1, 0.15) is 61.9 Å². The third-order valence-corrected chi connectivity index (χ3v) is 3.85. The van der Waals surface area contributed by atoms with Crippen molar-refractivity contribution >= 4 is 10.9 Å². The smallest absolute Gasteiger partial charge is 0.0731 e. The molecule has 0 atom stereocenters. The van der Waals surface area contributed by atoms with E-state index in [0.29, 0.717) is 11.8 Å². The molecule has 0 saturated carbocycles. The third kappa shape index (κ3) is 1.84. The Balaban J connectivity index is 2.97. The molecule has 2 nitrogen and oxygen atoms in total. The Morgan fingerprint density at radius 2 is 1.67 bits per heavy atom. The SMILES string of the molecule is Cc1cc(C(C)C)c2c(C(C)C)nn(C)c2c1C. The fourth-order valence-corrected chi connectivity index (χ4v) is 2.72. The van der Waals surface area contributed by atoms with E-state index in [0.717, 1.165) is 0 Å². The van der Waals surface area contributed by atoms with Gasteiger partial charge >= 0.3 is 0 Å². The molecule has 0 unspecified atom stereocenters. The molecule has 1 aromatic carbocycles. The molecule has 0 aliphatic rings. The number of rotatable bonds is 2. The van der Waals surface area contributed by atoms with Crippen LogP contribution < -0.4 is 0 Å². The average Bonchev–Trinajstić information content (AvgIpc) is 2.61. The van der Waals surface area contributed by atoms with Crippen LogP contribution in [0.4, 0.5) is 0 Å². The van der Waals surface area contributed by atoms with Crippen molar-refractivity contribution in [3.05, 3.63) is 28.5 Å². The van der Waals surface area contributed by atoms with E-state index in [1.807, 2.05) is 0 Å². The normalized spacial score (nSPS) is 12.1. The van der Waals surface area contributed by atoms with E-state index in [2.05, 4.69) is 59.3 Å². The van der Waals surface area contributed by atoms with Crippen LogP contribution in [0.3, 0.4) is 0 Å². The molecule has 98 valence electrons. The lowest BCUT2D eigenvalue weighted by atomic mass is 9.91. The molecule has 0 radical (unpaired) electrons. The topological polar surface area (TPSA) is 17.8 Å². The lowest BCUT2D eigenvalue weighted by Gasteiger charge is -2.14. The molecule has 0 saturated heterocycles. The van der Waals surface area contributed by atoms with Gasteiger partial charge in [-0.2, -0.15) is 5.10 Å². The van der Waals surface area contributed by atoms with Crippen molar-refractivity contribution in [2.45, 2.75) is 53.4 Å². The van der Waals surface area contributed by atoms with E-state index in [9.17, 15) is 0 Å². The minimum Gasteiger partial charge on any atom is -0.267 e. The summed E-state index contributed by atoms with van der Waals surface area (Å²) in [6.07, 6.45) is 0. The van der Waals surface area contributed by atoms with Crippen molar-refractivity contribution < 1.29 is 0 Å². The van der Waals surface area contributed by atoms with Gasteiger partial charge in [-0.15, -0.1) is 0 Å². The van der Waals surface area contributed by atoms with Crippen LogP contribution in [0.5, 0.6) is 0 Å². The number of fused-ring (bicyclic) bond motifs is 1. The Morgan fingerprint density at radius 3 is 2.17 bits per heavy atom. The van der Waals surface area contributed by atoms with Gasteiger partial charge in [-0.1, -0.05) is 33.8 Å². The molecule has 0 amide bonds. The number of aryl methyl sites for hydroxylation is 3. The van der Waals surface area contributed by atoms with Crippen LogP contribution in [0, 0.1) is 13.8 Å². The lowest BCUT2D eigenvalue weighted by molar-refractivity contribution is 0.727. The van der Waals surface area contributed by atoms with Gasteiger partial charge in [-0.3, -0.25) is 4.68 Å². The number of nitrogens with zero attached hydrogens (tertiary/aromatic N) is 2. The van der Waals surface area contributed by atoms with Gasteiger partial charge in [0.15, 0.2) is 0 Å². The molecule has 0 aliphatic heterocycles. The molecule has 1 aromatic heterocycles. The first-order valence-electron chi connectivity index (χ1n) is 6.81. The molecule has 2 heteroatoms. The van der Waals surface area contributed by atoms with Gasteiger partial charge in [-0.05, 0) is 42.4 Å². The monoisotopic (exact) mass is 244 g/mol. The number of hydrogen-bond donors (Lipinski definition) is 0. The van der Waals surface area contributed by atoms with Crippen molar-refractivity contribution in [1.29, 1.82) is 0 Å². The van der Waals surface area contributed by atoms with Gasteiger partial charge < -0.3 is 0 Å². The van der Waals surface area contributed by atoms with Crippen LogP contribution in [0.15, 0.2) is 6.07 Å². The zero-order valence-corrected chi connectivity index (χ0v) is 12.6. The quantitative estimate of drug-likeness (QED) is 0.763. The summed E-state index contributed by atoms with van der Waals surface area (Å²) in [5.41, 5.74) is 6.70. The molecule has 0 bridgehead atoms. The third-order valence-electron chi connectivity index (χ3n) is 3.85. The van der Waals surface area contributed by atoms with Crippen LogP contribution in [-0.4, -0.2) is 9.78 Å². The first kappa shape index (κ1) is 13.1. The number of hydrogen-bond acceptors (Lipinski definition) is 1. The van der Waals surface area contributed by atoms with Crippen molar-refractivity contribution in [2.24, 2.45) is 7.05 Å². The summed E-state index contributed by atoms with van der Waals surface area (Å²) in [5, 5.41) is 6.13. The summed E-state index contributed by atoms with van der Waals surface area (Å²) in [6, 6.07) is 2.34. The Labute approximate surface area is 110 Å². The zero-order valence-electron chi connectivity index (χ0n) is 12.6. The molecule has 18 heavy (non-hydrogen) atoms. The predicted molar refractivity (Wildman–Crippen MR) is 78.4 cm³/mol. The van der Waals surface area contributed by atoms with Crippen molar-refractivity contribution in [1.82, 2.24) is 9.78 Å². The summed E-state index contributed by atoms with van der Waals surface area (Å²) < 4.78 is 2.05.